The number of nitrogens with one attached hydrogen (secondary N) is 1. The molecule has 5 nitrogen and oxygen atoms in total. The van der Waals surface area contributed by atoms with Crippen LogP contribution in [0.15, 0.2) is 41.2 Å². The van der Waals surface area contributed by atoms with E-state index in [-0.39, 0.29) is 5.69 Å². The smallest absolute Gasteiger partial charge is 0.282 e. The Morgan fingerprint density at radius 2 is 1.69 bits per heavy atom. The van der Waals surface area contributed by atoms with Crippen molar-refractivity contribution in [3.8, 4) is 0 Å². The van der Waals surface area contributed by atoms with Crippen molar-refractivity contribution >= 4 is 22.6 Å². The molecule has 0 spiro atoms. The first-order valence-electron chi connectivity index (χ1n) is 8.67. The molecule has 0 unspecified atom stereocenters. The monoisotopic (exact) mass is 349 g/mol. The summed E-state index contributed by atoms with van der Waals surface area (Å²) in [5.74, 6) is -0.0797. The predicted molar refractivity (Wildman–Crippen MR) is 105 cm³/mol. The summed E-state index contributed by atoms with van der Waals surface area (Å²) in [6.45, 7) is 8.19. The fourth-order valence-corrected chi connectivity index (χ4v) is 2.87. The number of fused-ring (bicyclic) bond motifs is 1. The quantitative estimate of drug-likeness (QED) is 0.779. The van der Waals surface area contributed by atoms with Crippen molar-refractivity contribution in [2.45, 2.75) is 33.6 Å². The van der Waals surface area contributed by atoms with Crippen molar-refractivity contribution < 1.29 is 4.79 Å². The van der Waals surface area contributed by atoms with Gasteiger partial charge >= 0.3 is 0 Å². The average Bonchev–Trinajstić information content (AvgIpc) is 2.60. The van der Waals surface area contributed by atoms with Crippen LogP contribution in [-0.2, 0) is 7.05 Å². The van der Waals surface area contributed by atoms with Gasteiger partial charge in [0.15, 0.2) is 5.69 Å². The van der Waals surface area contributed by atoms with E-state index < -0.39 is 11.5 Å². The van der Waals surface area contributed by atoms with Crippen LogP contribution in [0, 0.1) is 13.8 Å². The van der Waals surface area contributed by atoms with Crippen LogP contribution in [0.5, 0.6) is 0 Å². The van der Waals surface area contributed by atoms with E-state index >= 15 is 0 Å². The first kappa shape index (κ1) is 17.9. The highest BCUT2D eigenvalue weighted by molar-refractivity contribution is 6.03. The Balaban J connectivity index is 1.99. The van der Waals surface area contributed by atoms with Crippen LogP contribution in [0.1, 0.15) is 46.9 Å². The third-order valence-electron chi connectivity index (χ3n) is 4.74. The third kappa shape index (κ3) is 3.25. The Morgan fingerprint density at radius 1 is 1.08 bits per heavy atom. The summed E-state index contributed by atoms with van der Waals surface area (Å²) in [6, 6.07) is 11.4. The van der Waals surface area contributed by atoms with Gasteiger partial charge < -0.3 is 9.88 Å². The minimum atomic E-state index is -0.497. The number of carbonyl (C=O) groups is 1. The number of aryl methyl sites for hydroxylation is 3. The van der Waals surface area contributed by atoms with Gasteiger partial charge in [-0.05, 0) is 60.7 Å². The van der Waals surface area contributed by atoms with Gasteiger partial charge in [0.1, 0.15) is 0 Å². The van der Waals surface area contributed by atoms with Crippen LogP contribution in [0.25, 0.3) is 11.0 Å². The molecule has 3 aromatic rings. The zero-order chi connectivity index (χ0) is 19.0. The van der Waals surface area contributed by atoms with Crippen molar-refractivity contribution in [3.63, 3.8) is 0 Å². The summed E-state index contributed by atoms with van der Waals surface area (Å²) in [7, 11) is 1.66. The molecule has 0 fully saturated rings. The van der Waals surface area contributed by atoms with Gasteiger partial charge in [-0.3, -0.25) is 9.59 Å². The SMILES string of the molecule is Cc1cc2nc(C(=O)Nc3ccc(C(C)C)cc3)c(=O)n(C)c2cc1C. The van der Waals surface area contributed by atoms with Crippen LogP contribution in [0.4, 0.5) is 5.69 Å². The molecule has 1 aromatic heterocycles. The molecule has 0 saturated heterocycles. The summed E-state index contributed by atoms with van der Waals surface area (Å²) in [4.78, 5) is 29.5. The normalized spacial score (nSPS) is 11.2. The Morgan fingerprint density at radius 3 is 2.31 bits per heavy atom. The average molecular weight is 349 g/mol. The molecule has 1 N–H and O–H groups in total. The molecular formula is C21H23N3O2. The number of nitrogens with zero attached hydrogens (tertiary/aromatic N) is 2. The Labute approximate surface area is 152 Å². The van der Waals surface area contributed by atoms with Crippen molar-refractivity contribution in [3.05, 3.63) is 69.1 Å². The van der Waals surface area contributed by atoms with Gasteiger partial charge in [0, 0.05) is 12.7 Å². The molecule has 0 radical (unpaired) electrons. The number of rotatable bonds is 3. The predicted octanol–water partition coefficient (Wildman–Crippen LogP) is 3.93. The molecule has 0 atom stereocenters. The van der Waals surface area contributed by atoms with E-state index in [0.29, 0.717) is 17.1 Å². The Bertz CT molecular complexity index is 1050. The van der Waals surface area contributed by atoms with Gasteiger partial charge in [-0.1, -0.05) is 26.0 Å². The standard InChI is InChI=1S/C21H23N3O2/c1-12(2)15-6-8-16(9-7-15)22-20(25)19-21(26)24(5)18-11-14(4)13(3)10-17(18)23-19/h6-12H,1-5H3,(H,22,25). The minimum Gasteiger partial charge on any atom is -0.320 e. The molecular weight excluding hydrogens is 326 g/mol. The largest absolute Gasteiger partial charge is 0.320 e. The molecule has 2 aromatic carbocycles. The van der Waals surface area contributed by atoms with Gasteiger partial charge in [-0.25, -0.2) is 4.98 Å². The molecule has 26 heavy (non-hydrogen) atoms. The second kappa shape index (κ2) is 6.75. The number of benzene rings is 2. The number of hydrogen-bond donors (Lipinski definition) is 1. The maximum absolute atomic E-state index is 12.6. The van der Waals surface area contributed by atoms with Crippen molar-refractivity contribution in [2.75, 3.05) is 5.32 Å². The number of carbonyl (C=O) groups excluding carboxylic acids is 1. The topological polar surface area (TPSA) is 64.0 Å². The van der Waals surface area contributed by atoms with Gasteiger partial charge in [-0.15, -0.1) is 0 Å². The zero-order valence-corrected chi connectivity index (χ0v) is 15.8. The number of amides is 1. The molecule has 0 aliphatic carbocycles. The number of anilines is 1. The van der Waals surface area contributed by atoms with E-state index in [1.165, 1.54) is 10.1 Å². The minimum absolute atomic E-state index is 0.101. The third-order valence-corrected chi connectivity index (χ3v) is 4.74. The maximum atomic E-state index is 12.6. The fraction of sp³-hybridized carbons (Fsp3) is 0.286. The molecule has 0 bridgehead atoms. The lowest BCUT2D eigenvalue weighted by Gasteiger charge is -2.11. The molecule has 1 heterocycles. The van der Waals surface area contributed by atoms with Crippen LogP contribution in [-0.4, -0.2) is 15.5 Å². The van der Waals surface area contributed by atoms with Crippen molar-refractivity contribution in [2.24, 2.45) is 7.05 Å². The lowest BCUT2D eigenvalue weighted by molar-refractivity contribution is 0.102. The summed E-state index contributed by atoms with van der Waals surface area (Å²) in [6.07, 6.45) is 0. The molecule has 5 heteroatoms. The molecule has 1 amide bonds. The molecule has 134 valence electrons. The summed E-state index contributed by atoms with van der Waals surface area (Å²) in [5, 5.41) is 2.77. The fourth-order valence-electron chi connectivity index (χ4n) is 2.87. The molecule has 0 saturated carbocycles. The lowest BCUT2D eigenvalue weighted by atomic mass is 10.0. The number of hydrogen-bond acceptors (Lipinski definition) is 3. The highest BCUT2D eigenvalue weighted by Gasteiger charge is 2.17. The Kier molecular flexibility index (Phi) is 4.64. The molecule has 0 aliphatic rings. The summed E-state index contributed by atoms with van der Waals surface area (Å²) >= 11 is 0. The van der Waals surface area contributed by atoms with Crippen LogP contribution < -0.4 is 10.9 Å². The second-order valence-electron chi connectivity index (χ2n) is 6.98. The maximum Gasteiger partial charge on any atom is 0.282 e. The highest BCUT2D eigenvalue weighted by atomic mass is 16.2. The molecule has 0 aliphatic heterocycles. The highest BCUT2D eigenvalue weighted by Crippen LogP contribution is 2.19. The van der Waals surface area contributed by atoms with Gasteiger partial charge in [0.25, 0.3) is 11.5 Å². The first-order valence-corrected chi connectivity index (χ1v) is 8.67. The summed E-state index contributed by atoms with van der Waals surface area (Å²) < 4.78 is 1.48. The first-order chi connectivity index (χ1) is 12.3. The Hall–Kier alpha value is -2.95. The van der Waals surface area contributed by atoms with Crippen LogP contribution in [0.3, 0.4) is 0 Å². The van der Waals surface area contributed by atoms with Crippen LogP contribution in [0.2, 0.25) is 0 Å². The van der Waals surface area contributed by atoms with E-state index in [0.717, 1.165) is 16.6 Å². The van der Waals surface area contributed by atoms with Crippen molar-refractivity contribution in [1.29, 1.82) is 0 Å². The second-order valence-corrected chi connectivity index (χ2v) is 6.98. The summed E-state index contributed by atoms with van der Waals surface area (Å²) in [5.41, 5.74) is 4.83. The van der Waals surface area contributed by atoms with E-state index in [1.807, 2.05) is 50.2 Å². The zero-order valence-electron chi connectivity index (χ0n) is 15.8. The van der Waals surface area contributed by atoms with Crippen LogP contribution >= 0.6 is 0 Å². The number of aromatic nitrogens is 2. The van der Waals surface area contributed by atoms with E-state index in [1.54, 1.807) is 7.05 Å². The van der Waals surface area contributed by atoms with Gasteiger partial charge in [-0.2, -0.15) is 0 Å². The van der Waals surface area contributed by atoms with E-state index in [4.69, 9.17) is 0 Å². The lowest BCUT2D eigenvalue weighted by Crippen LogP contribution is -2.29. The molecule has 3 rings (SSSR count). The van der Waals surface area contributed by atoms with E-state index in [9.17, 15) is 9.59 Å². The van der Waals surface area contributed by atoms with Crippen molar-refractivity contribution in [1.82, 2.24) is 9.55 Å². The van der Waals surface area contributed by atoms with Gasteiger partial charge in [0.2, 0.25) is 0 Å². The van der Waals surface area contributed by atoms with Gasteiger partial charge in [0.05, 0.1) is 11.0 Å². The van der Waals surface area contributed by atoms with E-state index in [2.05, 4.69) is 24.1 Å².